The van der Waals surface area contributed by atoms with Crippen molar-refractivity contribution in [1.29, 1.82) is 0 Å². The van der Waals surface area contributed by atoms with Crippen molar-refractivity contribution in [3.05, 3.63) is 6.13 Å². The predicted molar refractivity (Wildman–Crippen MR) is 18.3 cm³/mol. The quantitative estimate of drug-likeness (QED) is 0.437. The third kappa shape index (κ3) is 853. The molecular weight excluding hydrogens is 97.5 g/mol. The van der Waals surface area contributed by atoms with Crippen LogP contribution in [0.25, 0.3) is 0 Å². The molecule has 0 aromatic carbocycles. The molecule has 0 fully saturated rings. The molecule has 0 bridgehead atoms. The number of alkyl halides is 1. The largest absolute Gasteiger partial charge is 0.255 e. The molecule has 0 unspecified atom stereocenters. The second kappa shape index (κ2) is 31.1. The average molecular weight is 102 g/mol. The first-order chi connectivity index (χ1) is 2.41. The van der Waals surface area contributed by atoms with E-state index in [0.29, 0.717) is 7.18 Å². The molecule has 0 nitrogen and oxygen atoms in total. The van der Waals surface area contributed by atoms with Crippen LogP contribution in [0, 0.1) is 6.13 Å². The highest BCUT2D eigenvalue weighted by Gasteiger charge is 1.46. The fourth-order valence-electron chi connectivity index (χ4n) is 0. The lowest BCUT2D eigenvalue weighted by Crippen LogP contribution is -1.12. The molecule has 0 heterocycles. The molecule has 0 aromatic rings. The van der Waals surface area contributed by atoms with Crippen molar-refractivity contribution in [2.45, 2.75) is 0 Å². The van der Waals surface area contributed by atoms with E-state index in [4.69, 9.17) is 0 Å². The Kier molecular flexibility index (Phi) is 55.7. The van der Waals surface area contributed by atoms with Gasteiger partial charge in [0.15, 0.2) is 0 Å². The summed E-state index contributed by atoms with van der Waals surface area (Å²) in [6.07, 6.45) is -0.0278. The van der Waals surface area contributed by atoms with E-state index in [9.17, 15) is 8.78 Å². The normalized spacial score (nSPS) is 4.80. The summed E-state index contributed by atoms with van der Waals surface area (Å²) < 4.78 is 19.4. The van der Waals surface area contributed by atoms with Gasteiger partial charge in [-0.15, -0.1) is 0 Å². The Hall–Kier alpha value is 0.150. The van der Waals surface area contributed by atoms with E-state index in [0.717, 1.165) is 0 Å². The van der Waals surface area contributed by atoms with Crippen LogP contribution in [0.3, 0.4) is 0 Å². The number of halogens is 3. The molecule has 0 saturated carbocycles. The molecule has 0 N–H and O–H groups in total. The maximum atomic E-state index is 9.93. The summed E-state index contributed by atoms with van der Waals surface area (Å²) in [6, 6.07) is 0. The molecule has 33 valence electrons. The third-order valence-electron chi connectivity index (χ3n) is 0. The van der Waals surface area contributed by atoms with Crippen LogP contribution >= 0.6 is 11.6 Å². The second-order valence-corrected chi connectivity index (χ2v) is 0.247. The molecule has 0 aliphatic rings. The lowest BCUT2D eigenvalue weighted by Gasteiger charge is -1.40. The van der Waals surface area contributed by atoms with Crippen LogP contribution in [0.5, 0.6) is 0 Å². The van der Waals surface area contributed by atoms with Gasteiger partial charge in [0.2, 0.25) is 6.13 Å². The summed E-state index contributed by atoms with van der Waals surface area (Å²) in [7, 11) is 0.500. The molecule has 3 heteroatoms. The van der Waals surface area contributed by atoms with Crippen molar-refractivity contribution in [2.24, 2.45) is 0 Å². The second-order valence-electron chi connectivity index (χ2n) is 0.0825. The highest BCUT2D eigenvalue weighted by molar-refractivity contribution is 6.21. The van der Waals surface area contributed by atoms with Crippen LogP contribution in [0.1, 0.15) is 0 Å². The summed E-state index contributed by atoms with van der Waals surface area (Å²) in [4.78, 5) is 0. The lowest BCUT2D eigenvalue weighted by molar-refractivity contribution is 0.636. The first kappa shape index (κ1) is 8.94. The summed E-state index contributed by atoms with van der Waals surface area (Å²) in [5.41, 5.74) is 0. The first-order valence-corrected chi connectivity index (χ1v) is 1.25. The van der Waals surface area contributed by atoms with E-state index in [2.05, 4.69) is 11.6 Å². The van der Waals surface area contributed by atoms with Gasteiger partial charge >= 0.3 is 0 Å². The SMILES string of the molecule is CF.F[CH]Cl. The smallest absolute Gasteiger partial charge is 0.218 e. The van der Waals surface area contributed by atoms with Gasteiger partial charge in [0.25, 0.3) is 0 Å². The molecule has 5 heavy (non-hydrogen) atoms. The fourth-order valence-corrected chi connectivity index (χ4v) is 0. The standard InChI is InChI=1S/CHClF.CH3F/c2-1-3;1-2/h1H;1H3. The molecule has 0 amide bonds. The van der Waals surface area contributed by atoms with Gasteiger partial charge in [-0.25, -0.2) is 4.39 Å². The minimum atomic E-state index is -0.0278. The first-order valence-electron chi connectivity index (χ1n) is 0.814. The molecular formula is C2H4ClF2. The average Bonchev–Trinajstić information content (AvgIpc) is 1.46. The summed E-state index contributed by atoms with van der Waals surface area (Å²) in [6.45, 7) is 0. The molecule has 1 radical (unpaired) electrons. The van der Waals surface area contributed by atoms with E-state index < -0.39 is 0 Å². The van der Waals surface area contributed by atoms with E-state index in [1.807, 2.05) is 0 Å². The lowest BCUT2D eigenvalue weighted by atomic mass is 11.8. The van der Waals surface area contributed by atoms with Crippen LogP contribution in [0.4, 0.5) is 8.78 Å². The number of rotatable bonds is 0. The van der Waals surface area contributed by atoms with Crippen molar-refractivity contribution >= 4 is 11.6 Å². The van der Waals surface area contributed by atoms with Crippen LogP contribution in [0.2, 0.25) is 0 Å². The van der Waals surface area contributed by atoms with Gasteiger partial charge in [-0.2, -0.15) is 0 Å². The minimum Gasteiger partial charge on any atom is -0.255 e. The van der Waals surface area contributed by atoms with E-state index in [1.54, 1.807) is 0 Å². The van der Waals surface area contributed by atoms with E-state index >= 15 is 0 Å². The Morgan fingerprint density at radius 3 is 1.60 bits per heavy atom. The molecule has 0 aliphatic carbocycles. The fraction of sp³-hybridized carbons (Fsp3) is 0.500. The van der Waals surface area contributed by atoms with E-state index in [1.165, 1.54) is 0 Å². The summed E-state index contributed by atoms with van der Waals surface area (Å²) in [5, 5.41) is 0. The van der Waals surface area contributed by atoms with Crippen LogP contribution < -0.4 is 0 Å². The summed E-state index contributed by atoms with van der Waals surface area (Å²) in [5.74, 6) is 0. The van der Waals surface area contributed by atoms with Gasteiger partial charge in [0, 0.05) is 0 Å². The molecule has 0 rings (SSSR count). The molecule has 0 spiro atoms. The van der Waals surface area contributed by atoms with E-state index in [-0.39, 0.29) is 6.13 Å². The summed E-state index contributed by atoms with van der Waals surface area (Å²) >= 11 is 4.21. The maximum absolute atomic E-state index is 9.93. The zero-order valence-corrected chi connectivity index (χ0v) is 3.47. The predicted octanol–water partition coefficient (Wildman–Crippen LogP) is 1.90. The Morgan fingerprint density at radius 1 is 1.60 bits per heavy atom. The Balaban J connectivity index is 0. The van der Waals surface area contributed by atoms with Crippen molar-refractivity contribution in [3.63, 3.8) is 0 Å². The number of hydrogen-bond donors (Lipinski definition) is 0. The Labute approximate surface area is 34.7 Å². The van der Waals surface area contributed by atoms with Crippen molar-refractivity contribution in [2.75, 3.05) is 7.18 Å². The molecule has 0 saturated heterocycles. The van der Waals surface area contributed by atoms with Crippen LogP contribution in [0.15, 0.2) is 0 Å². The number of hydrogen-bond acceptors (Lipinski definition) is 0. The highest BCUT2D eigenvalue weighted by Crippen LogP contribution is 1.76. The highest BCUT2D eigenvalue weighted by atomic mass is 35.5. The Bertz CT molecular complexity index is 7.61. The van der Waals surface area contributed by atoms with Crippen LogP contribution in [-0.4, -0.2) is 7.18 Å². The topological polar surface area (TPSA) is 0 Å². The van der Waals surface area contributed by atoms with Crippen molar-refractivity contribution < 1.29 is 8.78 Å². The van der Waals surface area contributed by atoms with Gasteiger partial charge < -0.3 is 0 Å². The third-order valence-corrected chi connectivity index (χ3v) is 0. The molecule has 0 atom stereocenters. The van der Waals surface area contributed by atoms with Gasteiger partial charge in [0.05, 0.1) is 7.18 Å². The van der Waals surface area contributed by atoms with Gasteiger partial charge in [-0.05, 0) is 0 Å². The van der Waals surface area contributed by atoms with Crippen molar-refractivity contribution in [3.8, 4) is 0 Å². The Morgan fingerprint density at radius 2 is 1.60 bits per heavy atom. The molecule has 0 aromatic heterocycles. The van der Waals surface area contributed by atoms with Gasteiger partial charge in [0.1, 0.15) is 0 Å². The monoisotopic (exact) mass is 101 g/mol. The van der Waals surface area contributed by atoms with Crippen LogP contribution in [-0.2, 0) is 0 Å². The van der Waals surface area contributed by atoms with Crippen molar-refractivity contribution in [1.82, 2.24) is 0 Å². The zero-order chi connectivity index (χ0) is 4.71. The molecule has 0 aliphatic heterocycles. The van der Waals surface area contributed by atoms with Gasteiger partial charge in [-0.1, -0.05) is 11.6 Å². The minimum absolute atomic E-state index is 0.0278. The van der Waals surface area contributed by atoms with Gasteiger partial charge in [-0.3, -0.25) is 4.39 Å². The maximum Gasteiger partial charge on any atom is 0.218 e. The zero-order valence-electron chi connectivity index (χ0n) is 2.71.